The molecule has 0 saturated carbocycles. The molecule has 128 valence electrons. The quantitative estimate of drug-likeness (QED) is 0.768. The summed E-state index contributed by atoms with van der Waals surface area (Å²) in [4.78, 5) is 12.0. The molecule has 0 unspecified atom stereocenters. The van der Waals surface area contributed by atoms with Gasteiger partial charge in [0, 0.05) is 23.3 Å². The van der Waals surface area contributed by atoms with Crippen molar-refractivity contribution in [1.29, 1.82) is 0 Å². The number of aryl methyl sites for hydroxylation is 1. The van der Waals surface area contributed by atoms with Gasteiger partial charge in [0.15, 0.2) is 0 Å². The fourth-order valence-electron chi connectivity index (χ4n) is 2.46. The molecule has 2 heterocycles. The lowest BCUT2D eigenvalue weighted by Crippen LogP contribution is -2.56. The Hall–Kier alpha value is -1.64. The van der Waals surface area contributed by atoms with Crippen LogP contribution in [0.25, 0.3) is 0 Å². The predicted octanol–water partition coefficient (Wildman–Crippen LogP) is 1.91. The van der Waals surface area contributed by atoms with Gasteiger partial charge >= 0.3 is 0 Å². The SMILES string of the molecule is Cc1cc(OC2CN(S(=O)(=O)c3ccccc3Br)C2)cc(=O)n1C. The fraction of sp³-hybridized carbons (Fsp3) is 0.312. The van der Waals surface area contributed by atoms with Crippen LogP contribution in [0.5, 0.6) is 5.75 Å². The highest BCUT2D eigenvalue weighted by Crippen LogP contribution is 2.29. The lowest BCUT2D eigenvalue weighted by atomic mass is 10.2. The van der Waals surface area contributed by atoms with Gasteiger partial charge in [0.2, 0.25) is 10.0 Å². The molecule has 0 bridgehead atoms. The molecule has 0 radical (unpaired) electrons. The standard InChI is InChI=1S/C16H17BrN2O4S/c1-11-7-12(8-16(20)18(11)2)23-13-9-19(10-13)24(21,22)15-6-4-3-5-14(15)17/h3-8,13H,9-10H2,1-2H3. The van der Waals surface area contributed by atoms with Crippen molar-refractivity contribution in [2.45, 2.75) is 17.9 Å². The molecule has 1 aliphatic rings. The fourth-order valence-corrected chi connectivity index (χ4v) is 4.93. The third-order valence-corrected chi connectivity index (χ3v) is 6.89. The number of pyridine rings is 1. The zero-order chi connectivity index (χ0) is 17.5. The zero-order valence-electron chi connectivity index (χ0n) is 13.3. The number of benzene rings is 1. The maximum atomic E-state index is 12.6. The third-order valence-electron chi connectivity index (χ3n) is 4.05. The summed E-state index contributed by atoms with van der Waals surface area (Å²) in [5.74, 6) is 0.471. The molecule has 1 saturated heterocycles. The van der Waals surface area contributed by atoms with Crippen LogP contribution in [0, 0.1) is 6.92 Å². The van der Waals surface area contributed by atoms with Crippen molar-refractivity contribution in [2.24, 2.45) is 7.05 Å². The van der Waals surface area contributed by atoms with Crippen molar-refractivity contribution >= 4 is 26.0 Å². The van der Waals surface area contributed by atoms with E-state index in [0.29, 0.717) is 10.2 Å². The monoisotopic (exact) mass is 412 g/mol. The summed E-state index contributed by atoms with van der Waals surface area (Å²) in [5, 5.41) is 0. The van der Waals surface area contributed by atoms with Crippen molar-refractivity contribution in [1.82, 2.24) is 8.87 Å². The highest BCUT2D eigenvalue weighted by atomic mass is 79.9. The van der Waals surface area contributed by atoms with Gasteiger partial charge in [0.05, 0.1) is 18.0 Å². The van der Waals surface area contributed by atoms with Crippen molar-refractivity contribution in [3.63, 3.8) is 0 Å². The van der Waals surface area contributed by atoms with Crippen LogP contribution >= 0.6 is 15.9 Å². The van der Waals surface area contributed by atoms with Gasteiger partial charge in [-0.2, -0.15) is 4.31 Å². The largest absolute Gasteiger partial charge is 0.487 e. The summed E-state index contributed by atoms with van der Waals surface area (Å²) < 4.78 is 34.3. The van der Waals surface area contributed by atoms with E-state index in [1.807, 2.05) is 6.92 Å². The summed E-state index contributed by atoms with van der Waals surface area (Å²) in [6, 6.07) is 9.91. The molecule has 2 aromatic rings. The Labute approximate surface area is 148 Å². The Kier molecular flexibility index (Phi) is 4.54. The lowest BCUT2D eigenvalue weighted by Gasteiger charge is -2.38. The molecule has 0 N–H and O–H groups in total. The van der Waals surface area contributed by atoms with E-state index in [0.717, 1.165) is 5.69 Å². The molecule has 0 aliphatic carbocycles. The van der Waals surface area contributed by atoms with E-state index in [2.05, 4.69) is 15.9 Å². The Balaban J connectivity index is 1.70. The van der Waals surface area contributed by atoms with Crippen molar-refractivity contribution in [3.8, 4) is 5.75 Å². The molecule has 1 fully saturated rings. The van der Waals surface area contributed by atoms with Crippen LogP contribution in [-0.4, -0.2) is 36.5 Å². The van der Waals surface area contributed by atoms with E-state index in [-0.39, 0.29) is 29.6 Å². The molecule has 0 amide bonds. The molecular weight excluding hydrogens is 396 g/mol. The number of aromatic nitrogens is 1. The number of halogens is 1. The summed E-state index contributed by atoms with van der Waals surface area (Å²) in [5.41, 5.74) is 0.636. The second-order valence-corrected chi connectivity index (χ2v) is 8.48. The number of sulfonamides is 1. The van der Waals surface area contributed by atoms with Crippen molar-refractivity contribution in [3.05, 3.63) is 56.9 Å². The van der Waals surface area contributed by atoms with Crippen LogP contribution in [0.15, 0.2) is 50.6 Å². The van der Waals surface area contributed by atoms with Gasteiger partial charge in [0.25, 0.3) is 5.56 Å². The second kappa shape index (κ2) is 6.34. The van der Waals surface area contributed by atoms with E-state index < -0.39 is 10.0 Å². The van der Waals surface area contributed by atoms with Crippen LogP contribution in [0.3, 0.4) is 0 Å². The first-order valence-corrected chi connectivity index (χ1v) is 9.61. The van der Waals surface area contributed by atoms with Gasteiger partial charge in [-0.05, 0) is 41.1 Å². The minimum Gasteiger partial charge on any atom is -0.487 e. The number of ether oxygens (including phenoxy) is 1. The normalized spacial score (nSPS) is 16.0. The van der Waals surface area contributed by atoms with Gasteiger partial charge in [-0.15, -0.1) is 0 Å². The molecule has 1 aromatic carbocycles. The number of hydrogen-bond acceptors (Lipinski definition) is 4. The minimum absolute atomic E-state index is 0.151. The van der Waals surface area contributed by atoms with Crippen molar-refractivity contribution < 1.29 is 13.2 Å². The van der Waals surface area contributed by atoms with Crippen LogP contribution < -0.4 is 10.3 Å². The minimum atomic E-state index is -3.54. The molecule has 0 spiro atoms. The van der Waals surface area contributed by atoms with Crippen LogP contribution in [-0.2, 0) is 17.1 Å². The summed E-state index contributed by atoms with van der Waals surface area (Å²) >= 11 is 3.27. The Morgan fingerprint density at radius 1 is 1.21 bits per heavy atom. The van der Waals surface area contributed by atoms with E-state index in [4.69, 9.17) is 4.74 Å². The second-order valence-electron chi connectivity index (χ2n) is 5.72. The third kappa shape index (κ3) is 3.13. The molecule has 0 atom stereocenters. The first-order valence-electron chi connectivity index (χ1n) is 7.38. The molecule has 1 aliphatic heterocycles. The Morgan fingerprint density at radius 3 is 2.50 bits per heavy atom. The lowest BCUT2D eigenvalue weighted by molar-refractivity contribution is 0.0758. The van der Waals surface area contributed by atoms with Crippen LogP contribution in [0.2, 0.25) is 0 Å². The Bertz CT molecular complexity index is 933. The molecule has 8 heteroatoms. The topological polar surface area (TPSA) is 68.6 Å². The highest BCUT2D eigenvalue weighted by Gasteiger charge is 2.38. The van der Waals surface area contributed by atoms with Gasteiger partial charge in [-0.3, -0.25) is 4.79 Å². The maximum Gasteiger partial charge on any atom is 0.254 e. The summed E-state index contributed by atoms with van der Waals surface area (Å²) in [6.45, 7) is 2.34. The molecular formula is C16H17BrN2O4S. The Morgan fingerprint density at radius 2 is 1.88 bits per heavy atom. The number of rotatable bonds is 4. The van der Waals surface area contributed by atoms with Gasteiger partial charge in [-0.1, -0.05) is 12.1 Å². The molecule has 3 rings (SSSR count). The van der Waals surface area contributed by atoms with Gasteiger partial charge < -0.3 is 9.30 Å². The first kappa shape index (κ1) is 17.2. The number of hydrogen-bond donors (Lipinski definition) is 0. The maximum absolute atomic E-state index is 12.6. The summed E-state index contributed by atoms with van der Waals surface area (Å²) in [7, 11) is -1.85. The molecule has 6 nitrogen and oxygen atoms in total. The molecule has 24 heavy (non-hydrogen) atoms. The first-order chi connectivity index (χ1) is 11.3. The predicted molar refractivity (Wildman–Crippen MR) is 93.7 cm³/mol. The average Bonchev–Trinajstić information content (AvgIpc) is 2.48. The van der Waals surface area contributed by atoms with E-state index in [1.54, 1.807) is 37.4 Å². The smallest absolute Gasteiger partial charge is 0.254 e. The molecule has 1 aromatic heterocycles. The highest BCUT2D eigenvalue weighted by molar-refractivity contribution is 9.10. The van der Waals surface area contributed by atoms with Crippen LogP contribution in [0.4, 0.5) is 0 Å². The van der Waals surface area contributed by atoms with Crippen molar-refractivity contribution in [2.75, 3.05) is 13.1 Å². The van der Waals surface area contributed by atoms with Gasteiger partial charge in [-0.25, -0.2) is 8.42 Å². The van der Waals surface area contributed by atoms with E-state index >= 15 is 0 Å². The van der Waals surface area contributed by atoms with E-state index in [1.165, 1.54) is 14.9 Å². The van der Waals surface area contributed by atoms with E-state index in [9.17, 15) is 13.2 Å². The van der Waals surface area contributed by atoms with Crippen LogP contribution in [0.1, 0.15) is 5.69 Å². The summed E-state index contributed by atoms with van der Waals surface area (Å²) in [6.07, 6.45) is -0.256. The zero-order valence-corrected chi connectivity index (χ0v) is 15.7. The number of nitrogens with zero attached hydrogens (tertiary/aromatic N) is 2. The average molecular weight is 413 g/mol. The van der Waals surface area contributed by atoms with Gasteiger partial charge in [0.1, 0.15) is 11.9 Å².